The maximum absolute atomic E-state index is 13.3. The standard InChI is InChI=1S/C18H17F3N3O8P/c1-3-33(30,32-10-17(25)31-2)16-9-12(5-7-14(16)23(26)27)22-13-6-4-11(18(19,20)21)8-15(13)24(28)29/h4-9,22H,3,10H2,1-2H3. The molecule has 33 heavy (non-hydrogen) atoms. The molecule has 1 atom stereocenters. The Labute approximate surface area is 184 Å². The van der Waals surface area contributed by atoms with Gasteiger partial charge in [-0.15, -0.1) is 0 Å². The van der Waals surface area contributed by atoms with Crippen molar-refractivity contribution < 1.29 is 41.6 Å². The summed E-state index contributed by atoms with van der Waals surface area (Å²) in [5, 5.41) is 24.9. The second kappa shape index (κ2) is 9.96. The summed E-state index contributed by atoms with van der Waals surface area (Å²) in [4.78, 5) is 32.2. The molecule has 0 saturated heterocycles. The highest BCUT2D eigenvalue weighted by Gasteiger charge is 2.35. The molecule has 15 heteroatoms. The largest absolute Gasteiger partial charge is 0.467 e. The molecule has 1 N–H and O–H groups in total. The number of ether oxygens (including phenoxy) is 1. The second-order valence-electron chi connectivity index (χ2n) is 6.41. The minimum absolute atomic E-state index is 0.0474. The Kier molecular flexibility index (Phi) is 7.77. The molecular formula is C18H17F3N3O8P. The Morgan fingerprint density at radius 3 is 2.24 bits per heavy atom. The van der Waals surface area contributed by atoms with Gasteiger partial charge in [-0.05, 0) is 24.3 Å². The Morgan fingerprint density at radius 2 is 1.73 bits per heavy atom. The fraction of sp³-hybridized carbons (Fsp3) is 0.278. The van der Waals surface area contributed by atoms with Crippen LogP contribution in [0.4, 0.5) is 35.9 Å². The number of carbonyl (C=O) groups excluding carboxylic acids is 1. The first-order valence-electron chi connectivity index (χ1n) is 9.04. The van der Waals surface area contributed by atoms with E-state index < -0.39 is 58.2 Å². The number of nitrogens with one attached hydrogen (secondary N) is 1. The summed E-state index contributed by atoms with van der Waals surface area (Å²) in [7, 11) is -2.91. The average molecular weight is 491 g/mol. The lowest BCUT2D eigenvalue weighted by Crippen LogP contribution is -2.18. The van der Waals surface area contributed by atoms with E-state index in [9.17, 15) is 42.8 Å². The molecule has 0 radical (unpaired) electrons. The molecule has 0 saturated carbocycles. The van der Waals surface area contributed by atoms with Crippen LogP contribution in [0.15, 0.2) is 36.4 Å². The highest BCUT2D eigenvalue weighted by Crippen LogP contribution is 2.48. The summed E-state index contributed by atoms with van der Waals surface area (Å²) in [5.74, 6) is -0.874. The van der Waals surface area contributed by atoms with Gasteiger partial charge in [-0.3, -0.25) is 24.8 Å². The van der Waals surface area contributed by atoms with Gasteiger partial charge in [0.15, 0.2) is 6.61 Å². The van der Waals surface area contributed by atoms with Crippen LogP contribution in [-0.4, -0.2) is 35.7 Å². The number of alkyl halides is 3. The van der Waals surface area contributed by atoms with Gasteiger partial charge in [-0.2, -0.15) is 13.2 Å². The van der Waals surface area contributed by atoms with Crippen LogP contribution in [0, 0.1) is 20.2 Å². The van der Waals surface area contributed by atoms with Crippen LogP contribution in [0.1, 0.15) is 12.5 Å². The van der Waals surface area contributed by atoms with E-state index in [2.05, 4.69) is 10.1 Å². The summed E-state index contributed by atoms with van der Waals surface area (Å²) >= 11 is 0. The Balaban J connectivity index is 2.54. The number of carbonyl (C=O) groups is 1. The first-order valence-corrected chi connectivity index (χ1v) is 10.9. The minimum Gasteiger partial charge on any atom is -0.467 e. The van der Waals surface area contributed by atoms with Crippen LogP contribution in [0.25, 0.3) is 0 Å². The van der Waals surface area contributed by atoms with Gasteiger partial charge in [0, 0.05) is 24.0 Å². The third-order valence-electron chi connectivity index (χ3n) is 4.37. The van der Waals surface area contributed by atoms with Crippen LogP contribution >= 0.6 is 7.37 Å². The van der Waals surface area contributed by atoms with Crippen LogP contribution in [0.3, 0.4) is 0 Å². The first-order chi connectivity index (χ1) is 15.3. The normalized spacial score (nSPS) is 13.1. The van der Waals surface area contributed by atoms with E-state index in [4.69, 9.17) is 4.52 Å². The van der Waals surface area contributed by atoms with Crippen molar-refractivity contribution in [3.05, 3.63) is 62.2 Å². The summed E-state index contributed by atoms with van der Waals surface area (Å²) in [6.07, 6.45) is -5.05. The van der Waals surface area contributed by atoms with Gasteiger partial charge in [0.05, 0.1) is 22.5 Å². The number of nitro groups is 2. The number of methoxy groups -OCH3 is 1. The lowest BCUT2D eigenvalue weighted by atomic mass is 10.1. The number of rotatable bonds is 9. The van der Waals surface area contributed by atoms with Crippen LogP contribution in [0.2, 0.25) is 0 Å². The van der Waals surface area contributed by atoms with Crippen LogP contribution in [-0.2, 0) is 24.8 Å². The Morgan fingerprint density at radius 1 is 1.09 bits per heavy atom. The molecule has 2 aromatic rings. The van der Waals surface area contributed by atoms with Gasteiger partial charge in [-0.25, -0.2) is 4.79 Å². The number of hydrogen-bond acceptors (Lipinski definition) is 9. The van der Waals surface area contributed by atoms with Gasteiger partial charge in [0.1, 0.15) is 11.0 Å². The maximum Gasteiger partial charge on any atom is 0.416 e. The molecule has 0 fully saturated rings. The van der Waals surface area contributed by atoms with Gasteiger partial charge in [0.25, 0.3) is 11.4 Å². The van der Waals surface area contributed by atoms with E-state index in [-0.39, 0.29) is 17.5 Å². The topological polar surface area (TPSA) is 151 Å². The highest BCUT2D eigenvalue weighted by atomic mass is 31.2. The van der Waals surface area contributed by atoms with Crippen molar-refractivity contribution in [3.8, 4) is 0 Å². The summed E-state index contributed by atoms with van der Waals surface area (Å²) in [6, 6.07) is 4.90. The third-order valence-corrected chi connectivity index (χ3v) is 6.85. The predicted molar refractivity (Wildman–Crippen MR) is 110 cm³/mol. The number of nitro benzene ring substituents is 2. The van der Waals surface area contributed by atoms with Gasteiger partial charge in [0.2, 0.25) is 7.37 Å². The number of esters is 1. The number of nitrogens with zero attached hydrogens (tertiary/aromatic N) is 2. The van der Waals surface area contributed by atoms with Gasteiger partial charge in [-0.1, -0.05) is 6.92 Å². The summed E-state index contributed by atoms with van der Waals surface area (Å²) in [6.45, 7) is 0.656. The summed E-state index contributed by atoms with van der Waals surface area (Å²) in [5.41, 5.74) is -3.12. The first kappa shape index (κ1) is 25.7. The lowest BCUT2D eigenvalue weighted by Gasteiger charge is -2.18. The lowest BCUT2D eigenvalue weighted by molar-refractivity contribution is -0.384. The third kappa shape index (κ3) is 6.05. The number of hydrogen-bond donors (Lipinski definition) is 1. The zero-order chi connectivity index (χ0) is 25.0. The van der Waals surface area contributed by atoms with Crippen molar-refractivity contribution >= 4 is 41.4 Å². The number of halogens is 3. The number of benzene rings is 2. The van der Waals surface area contributed by atoms with Gasteiger partial charge < -0.3 is 14.6 Å². The van der Waals surface area contributed by atoms with Crippen molar-refractivity contribution in [1.29, 1.82) is 0 Å². The predicted octanol–water partition coefficient (Wildman–Crippen LogP) is 4.38. The fourth-order valence-electron chi connectivity index (χ4n) is 2.70. The smallest absolute Gasteiger partial charge is 0.416 e. The summed E-state index contributed by atoms with van der Waals surface area (Å²) < 4.78 is 61.5. The fourth-order valence-corrected chi connectivity index (χ4v) is 4.51. The van der Waals surface area contributed by atoms with Crippen molar-refractivity contribution in [1.82, 2.24) is 0 Å². The highest BCUT2D eigenvalue weighted by molar-refractivity contribution is 7.67. The zero-order valence-electron chi connectivity index (χ0n) is 17.1. The molecule has 2 rings (SSSR count). The Bertz CT molecular complexity index is 1140. The average Bonchev–Trinajstić information content (AvgIpc) is 2.76. The quantitative estimate of drug-likeness (QED) is 0.233. The van der Waals surface area contributed by atoms with E-state index in [0.717, 1.165) is 31.4 Å². The van der Waals surface area contributed by atoms with E-state index >= 15 is 0 Å². The molecule has 0 aliphatic rings. The van der Waals surface area contributed by atoms with E-state index in [0.29, 0.717) is 12.1 Å². The molecular weight excluding hydrogens is 474 g/mol. The number of anilines is 2. The molecule has 0 aliphatic carbocycles. The molecule has 0 heterocycles. The zero-order valence-corrected chi connectivity index (χ0v) is 18.0. The van der Waals surface area contributed by atoms with Crippen molar-refractivity contribution in [3.63, 3.8) is 0 Å². The molecule has 0 aliphatic heterocycles. The second-order valence-corrected chi connectivity index (χ2v) is 9.13. The molecule has 11 nitrogen and oxygen atoms in total. The monoisotopic (exact) mass is 491 g/mol. The molecule has 0 amide bonds. The van der Waals surface area contributed by atoms with E-state index in [1.807, 2.05) is 0 Å². The van der Waals surface area contributed by atoms with Crippen molar-refractivity contribution in [2.24, 2.45) is 0 Å². The molecule has 0 spiro atoms. The molecule has 0 bridgehead atoms. The van der Waals surface area contributed by atoms with Crippen LogP contribution in [0.5, 0.6) is 0 Å². The Hall–Kier alpha value is -3.51. The van der Waals surface area contributed by atoms with Crippen molar-refractivity contribution in [2.75, 3.05) is 25.2 Å². The minimum atomic E-state index is -4.81. The SMILES string of the molecule is CCP(=O)(OCC(=O)OC)c1cc(Nc2ccc(C(F)(F)F)cc2[N+](=O)[O-])ccc1[N+](=O)[O-]. The van der Waals surface area contributed by atoms with Crippen LogP contribution < -0.4 is 10.6 Å². The van der Waals surface area contributed by atoms with Gasteiger partial charge >= 0.3 is 12.1 Å². The molecule has 2 aromatic carbocycles. The molecule has 0 aromatic heterocycles. The molecule has 178 valence electrons. The molecule has 1 unspecified atom stereocenters. The van der Waals surface area contributed by atoms with E-state index in [1.165, 1.54) is 6.92 Å². The maximum atomic E-state index is 13.3. The van der Waals surface area contributed by atoms with Crippen molar-refractivity contribution in [2.45, 2.75) is 13.1 Å². The van der Waals surface area contributed by atoms with E-state index in [1.54, 1.807) is 0 Å².